The van der Waals surface area contributed by atoms with Crippen molar-refractivity contribution in [3.8, 4) is 5.75 Å². The van der Waals surface area contributed by atoms with Crippen molar-refractivity contribution in [3.63, 3.8) is 0 Å². The van der Waals surface area contributed by atoms with Crippen LogP contribution in [0.1, 0.15) is 18.1 Å². The zero-order valence-electron chi connectivity index (χ0n) is 15.1. The van der Waals surface area contributed by atoms with Crippen molar-refractivity contribution in [1.82, 2.24) is 5.32 Å². The maximum Gasteiger partial charge on any atom is 0.341 e. The van der Waals surface area contributed by atoms with Gasteiger partial charge in [-0.05, 0) is 63.8 Å². The fourth-order valence-corrected chi connectivity index (χ4v) is 4.06. The number of nitrogens with one attached hydrogen (secondary N) is 2. The molecule has 1 aliphatic rings. The van der Waals surface area contributed by atoms with Gasteiger partial charge in [-0.15, -0.1) is 0 Å². The summed E-state index contributed by atoms with van der Waals surface area (Å²) in [5, 5.41) is 14.9. The maximum atomic E-state index is 12.3. The number of carbonyl (C=O) groups is 2. The number of aliphatic carboxylic acids is 1. The third-order valence-electron chi connectivity index (χ3n) is 4.00. The van der Waals surface area contributed by atoms with E-state index in [0.717, 1.165) is 17.7 Å². The summed E-state index contributed by atoms with van der Waals surface area (Å²) in [7, 11) is 0. The van der Waals surface area contributed by atoms with Gasteiger partial charge in [-0.3, -0.25) is 4.79 Å². The van der Waals surface area contributed by atoms with Gasteiger partial charge in [0, 0.05) is 5.69 Å². The average Bonchev–Trinajstić information content (AvgIpc) is 3.00. The highest BCUT2D eigenvalue weighted by Gasteiger charge is 2.27. The number of amides is 1. The Kier molecular flexibility index (Phi) is 6.64. The van der Waals surface area contributed by atoms with Crippen LogP contribution in [0.25, 0.3) is 6.08 Å². The minimum atomic E-state index is -1.04. The predicted molar refractivity (Wildman–Crippen MR) is 114 cm³/mol. The highest BCUT2D eigenvalue weighted by atomic mass is 79.9. The summed E-state index contributed by atoms with van der Waals surface area (Å²) < 4.78 is 5.81. The van der Waals surface area contributed by atoms with Crippen LogP contribution in [0.2, 0.25) is 0 Å². The summed E-state index contributed by atoms with van der Waals surface area (Å²) >= 11 is 4.77. The van der Waals surface area contributed by atoms with Crippen molar-refractivity contribution in [2.45, 2.75) is 18.8 Å². The molecule has 0 aromatic heterocycles. The summed E-state index contributed by atoms with van der Waals surface area (Å²) in [4.78, 5) is 23.5. The molecule has 0 spiro atoms. The van der Waals surface area contributed by atoms with E-state index in [1.807, 2.05) is 12.1 Å². The normalized spacial score (nSPS) is 17.4. The molecule has 1 aliphatic heterocycles. The summed E-state index contributed by atoms with van der Waals surface area (Å²) in [5.41, 5.74) is 2.77. The van der Waals surface area contributed by atoms with Crippen molar-refractivity contribution in [2.24, 2.45) is 0 Å². The Morgan fingerprint density at radius 1 is 1.32 bits per heavy atom. The van der Waals surface area contributed by atoms with Crippen LogP contribution in [-0.4, -0.2) is 29.1 Å². The molecule has 1 saturated heterocycles. The lowest BCUT2D eigenvalue weighted by Crippen LogP contribution is -2.30. The number of carboxylic acids is 1. The molecule has 3 rings (SSSR count). The molecule has 0 bridgehead atoms. The number of ether oxygens (including phenoxy) is 1. The molecule has 0 aliphatic carbocycles. The quantitative estimate of drug-likeness (QED) is 0.537. The number of aryl methyl sites for hydroxylation is 1. The highest BCUT2D eigenvalue weighted by Crippen LogP contribution is 2.32. The van der Waals surface area contributed by atoms with E-state index < -0.39 is 12.6 Å². The molecule has 0 unspecified atom stereocenters. The lowest BCUT2D eigenvalue weighted by Gasteiger charge is -2.12. The molecule has 3 N–H and O–H groups in total. The molecular weight excluding hydrogens is 444 g/mol. The van der Waals surface area contributed by atoms with Gasteiger partial charge in [0.2, 0.25) is 0 Å². The second kappa shape index (κ2) is 9.16. The average molecular weight is 463 g/mol. The molecule has 28 heavy (non-hydrogen) atoms. The summed E-state index contributed by atoms with van der Waals surface area (Å²) in [6.45, 7) is 1.69. The van der Waals surface area contributed by atoms with Crippen LogP contribution in [-0.2, 0) is 16.0 Å². The van der Waals surface area contributed by atoms with E-state index in [9.17, 15) is 9.59 Å². The number of carbonyl (C=O) groups excluding carboxylic acids is 1. The molecule has 1 heterocycles. The Hall–Kier alpha value is -2.45. The molecule has 1 atom stereocenters. The number of hydrogen-bond donors (Lipinski definition) is 3. The van der Waals surface area contributed by atoms with E-state index >= 15 is 0 Å². The molecule has 8 heteroatoms. The van der Waals surface area contributed by atoms with Crippen molar-refractivity contribution in [2.75, 3.05) is 11.9 Å². The Morgan fingerprint density at radius 2 is 2.07 bits per heavy atom. The Morgan fingerprint density at radius 3 is 2.71 bits per heavy atom. The van der Waals surface area contributed by atoms with Crippen LogP contribution >= 0.6 is 27.7 Å². The molecule has 0 saturated carbocycles. The first kappa shape index (κ1) is 20.3. The van der Waals surface area contributed by atoms with Crippen molar-refractivity contribution >= 4 is 51.3 Å². The van der Waals surface area contributed by atoms with Crippen LogP contribution < -0.4 is 15.4 Å². The highest BCUT2D eigenvalue weighted by molar-refractivity contribution is 9.10. The van der Waals surface area contributed by atoms with E-state index in [4.69, 9.17) is 9.84 Å². The summed E-state index contributed by atoms with van der Waals surface area (Å²) in [6.07, 6.45) is 2.77. The van der Waals surface area contributed by atoms with Crippen LogP contribution in [0.5, 0.6) is 5.75 Å². The third-order valence-corrected chi connectivity index (χ3v) is 5.64. The van der Waals surface area contributed by atoms with Gasteiger partial charge >= 0.3 is 5.97 Å². The van der Waals surface area contributed by atoms with Crippen molar-refractivity contribution in [3.05, 3.63) is 63.0 Å². The maximum absolute atomic E-state index is 12.3. The van der Waals surface area contributed by atoms with Gasteiger partial charge < -0.3 is 20.5 Å². The number of thioether (sulfide) groups is 1. The number of benzene rings is 2. The molecule has 1 amide bonds. The van der Waals surface area contributed by atoms with Gasteiger partial charge in [-0.1, -0.05) is 36.9 Å². The minimum absolute atomic E-state index is 0.144. The van der Waals surface area contributed by atoms with E-state index in [0.29, 0.717) is 15.1 Å². The summed E-state index contributed by atoms with van der Waals surface area (Å²) in [5.74, 6) is -0.752. The zero-order valence-corrected chi connectivity index (χ0v) is 17.5. The topological polar surface area (TPSA) is 87.7 Å². The van der Waals surface area contributed by atoms with Crippen LogP contribution in [0.4, 0.5) is 5.69 Å². The van der Waals surface area contributed by atoms with E-state index in [-0.39, 0.29) is 11.4 Å². The van der Waals surface area contributed by atoms with Gasteiger partial charge in [-0.25, -0.2) is 4.79 Å². The second-order valence-corrected chi connectivity index (χ2v) is 8.05. The van der Waals surface area contributed by atoms with Gasteiger partial charge in [0.25, 0.3) is 5.91 Å². The first-order chi connectivity index (χ1) is 13.4. The largest absolute Gasteiger partial charge is 0.481 e. The van der Waals surface area contributed by atoms with Crippen LogP contribution in [0, 0.1) is 0 Å². The number of hydrogen-bond acceptors (Lipinski definition) is 5. The monoisotopic (exact) mass is 462 g/mol. The molecular formula is C20H19BrN2O4S. The number of halogens is 1. The standard InChI is InChI=1S/C20H19BrN2O4S/c1-2-12-3-6-14(7-4-12)22-20-23-19(26)17(28-20)10-13-5-8-16(15(21)9-13)27-11-18(24)25/h3-10,20,22H,2,11H2,1H3,(H,23,26)(H,24,25)/b17-10-/t20-/m0/s1. The van der Waals surface area contributed by atoms with Crippen molar-refractivity contribution in [1.29, 1.82) is 0 Å². The first-order valence-corrected chi connectivity index (χ1v) is 10.3. The Bertz CT molecular complexity index is 915. The molecule has 2 aromatic carbocycles. The second-order valence-electron chi connectivity index (χ2n) is 6.05. The number of carboxylic acid groups (broad SMARTS) is 1. The predicted octanol–water partition coefficient (Wildman–Crippen LogP) is 4.07. The number of rotatable bonds is 7. The Labute approximate surface area is 175 Å². The van der Waals surface area contributed by atoms with Gasteiger partial charge in [0.05, 0.1) is 9.38 Å². The fourth-order valence-electron chi connectivity index (χ4n) is 2.57. The Balaban J connectivity index is 1.66. The van der Waals surface area contributed by atoms with E-state index in [1.165, 1.54) is 17.3 Å². The minimum Gasteiger partial charge on any atom is -0.481 e. The van der Waals surface area contributed by atoms with Crippen LogP contribution in [0.3, 0.4) is 0 Å². The number of anilines is 1. The first-order valence-electron chi connectivity index (χ1n) is 8.63. The SMILES string of the molecule is CCc1ccc(N[C@H]2NC(=O)/C(=C/c3ccc(OCC(=O)O)c(Br)c3)S2)cc1. The fraction of sp³-hybridized carbons (Fsp3) is 0.200. The van der Waals surface area contributed by atoms with Crippen LogP contribution in [0.15, 0.2) is 51.8 Å². The third kappa shape index (κ3) is 5.30. The van der Waals surface area contributed by atoms with Crippen molar-refractivity contribution < 1.29 is 19.4 Å². The van der Waals surface area contributed by atoms with Gasteiger partial charge in [-0.2, -0.15) is 0 Å². The zero-order chi connectivity index (χ0) is 20.1. The van der Waals surface area contributed by atoms with Gasteiger partial charge in [0.15, 0.2) is 12.1 Å². The smallest absolute Gasteiger partial charge is 0.341 e. The van der Waals surface area contributed by atoms with E-state index in [2.05, 4.69) is 45.6 Å². The molecule has 1 fully saturated rings. The lowest BCUT2D eigenvalue weighted by molar-refractivity contribution is -0.139. The van der Waals surface area contributed by atoms with E-state index in [1.54, 1.807) is 24.3 Å². The molecule has 146 valence electrons. The molecule has 6 nitrogen and oxygen atoms in total. The summed E-state index contributed by atoms with van der Waals surface area (Å²) in [6, 6.07) is 13.3. The molecule has 0 radical (unpaired) electrons. The lowest BCUT2D eigenvalue weighted by atomic mass is 10.1. The molecule has 2 aromatic rings. The van der Waals surface area contributed by atoms with Gasteiger partial charge in [0.1, 0.15) is 5.75 Å².